The Balaban J connectivity index is 1.66. The van der Waals surface area contributed by atoms with E-state index in [4.69, 9.17) is 4.74 Å². The number of carbonyl (C=O) groups is 2. The Kier molecular flexibility index (Phi) is 7.47. The number of benzene rings is 2. The highest BCUT2D eigenvalue weighted by atomic mass is 32.2. The van der Waals surface area contributed by atoms with Crippen molar-refractivity contribution < 1.29 is 27.9 Å². The summed E-state index contributed by atoms with van der Waals surface area (Å²) < 4.78 is 30.1. The number of ether oxygens (including phenoxy) is 1. The van der Waals surface area contributed by atoms with E-state index < -0.39 is 15.9 Å². The monoisotopic (exact) mass is 500 g/mol. The lowest BCUT2D eigenvalue weighted by Gasteiger charge is -2.41. The second-order valence-electron chi connectivity index (χ2n) is 9.31. The molecule has 2 aromatic carbocycles. The second kappa shape index (κ2) is 10.4. The van der Waals surface area contributed by atoms with Crippen molar-refractivity contribution in [1.82, 2.24) is 0 Å². The van der Waals surface area contributed by atoms with E-state index in [1.165, 1.54) is 4.90 Å². The van der Waals surface area contributed by atoms with Gasteiger partial charge < -0.3 is 14.7 Å². The minimum Gasteiger partial charge on any atom is -0.465 e. The van der Waals surface area contributed by atoms with Gasteiger partial charge in [0.1, 0.15) is 0 Å². The molecule has 9 heteroatoms. The van der Waals surface area contributed by atoms with Crippen LogP contribution in [0.4, 0.5) is 16.2 Å². The molecule has 0 bridgehead atoms. The van der Waals surface area contributed by atoms with E-state index >= 15 is 0 Å². The van der Waals surface area contributed by atoms with Crippen LogP contribution in [0.2, 0.25) is 0 Å². The molecule has 0 spiro atoms. The number of fused-ring (bicyclic) bond motifs is 1. The zero-order chi connectivity index (χ0) is 25.2. The van der Waals surface area contributed by atoms with Crippen LogP contribution in [0.5, 0.6) is 0 Å². The van der Waals surface area contributed by atoms with Crippen molar-refractivity contribution in [3.8, 4) is 11.1 Å². The molecule has 1 fully saturated rings. The first-order valence-corrected chi connectivity index (χ1v) is 13.7. The van der Waals surface area contributed by atoms with Gasteiger partial charge in [0.2, 0.25) is 5.91 Å². The first-order chi connectivity index (χ1) is 16.7. The predicted molar refractivity (Wildman–Crippen MR) is 135 cm³/mol. The molecule has 2 aromatic rings. The maximum absolute atomic E-state index is 13.3. The van der Waals surface area contributed by atoms with Gasteiger partial charge >= 0.3 is 6.09 Å². The number of anilines is 2. The quantitative estimate of drug-likeness (QED) is 0.623. The maximum Gasteiger partial charge on any atom is 0.411 e. The molecule has 0 aliphatic carbocycles. The van der Waals surface area contributed by atoms with Crippen LogP contribution in [0, 0.1) is 5.92 Å². The van der Waals surface area contributed by atoms with Crippen LogP contribution >= 0.6 is 0 Å². The highest BCUT2D eigenvalue weighted by Crippen LogP contribution is 2.40. The lowest BCUT2D eigenvalue weighted by Crippen LogP contribution is -2.52. The van der Waals surface area contributed by atoms with Gasteiger partial charge in [-0.25, -0.2) is 13.2 Å². The first kappa shape index (κ1) is 25.2. The van der Waals surface area contributed by atoms with Gasteiger partial charge in [-0.2, -0.15) is 0 Å². The van der Waals surface area contributed by atoms with E-state index in [0.29, 0.717) is 37.4 Å². The summed E-state index contributed by atoms with van der Waals surface area (Å²) in [5.74, 6) is 0.356. The molecule has 0 saturated carbocycles. The van der Waals surface area contributed by atoms with Crippen LogP contribution in [0.15, 0.2) is 47.4 Å². The van der Waals surface area contributed by atoms with Crippen molar-refractivity contribution in [2.75, 3.05) is 35.3 Å². The molecule has 0 aromatic heterocycles. The third kappa shape index (κ3) is 5.36. The summed E-state index contributed by atoms with van der Waals surface area (Å²) in [6.07, 6.45) is 1.58. The zero-order valence-corrected chi connectivity index (χ0v) is 21.0. The largest absolute Gasteiger partial charge is 0.465 e. The topological polar surface area (TPSA) is 104 Å². The van der Waals surface area contributed by atoms with E-state index in [0.717, 1.165) is 24.0 Å². The van der Waals surface area contributed by atoms with E-state index in [-0.39, 0.29) is 35.1 Å². The summed E-state index contributed by atoms with van der Waals surface area (Å²) in [4.78, 5) is 28.7. The van der Waals surface area contributed by atoms with Gasteiger partial charge in [0.05, 0.1) is 28.1 Å². The zero-order valence-electron chi connectivity index (χ0n) is 20.1. The second-order valence-corrected chi connectivity index (χ2v) is 11.4. The number of hydrogen-bond acceptors (Lipinski definition) is 5. The fourth-order valence-electron chi connectivity index (χ4n) is 4.90. The molecule has 1 saturated heterocycles. The Morgan fingerprint density at radius 1 is 1.03 bits per heavy atom. The summed E-state index contributed by atoms with van der Waals surface area (Å²) in [6.45, 7) is 5.20. The van der Waals surface area contributed by atoms with Gasteiger partial charge in [-0.1, -0.05) is 25.1 Å². The molecule has 4 rings (SSSR count). The number of hydrogen-bond donors (Lipinski definition) is 1. The standard InChI is InChI=1S/C26H32N2O6S/c1-3-14-35(32,33)22-7-4-20(5-8-22)21-6-9-23-24(16-21)27(26(30)31)17-18(2)28(23)25(29)15-19-10-12-34-13-11-19/h4-9,16,18-19H,3,10-15,17H2,1-2H3,(H,30,31)/t18-/m0/s1. The minimum absolute atomic E-state index is 0.00563. The van der Waals surface area contributed by atoms with Crippen molar-refractivity contribution in [2.24, 2.45) is 5.92 Å². The number of carbonyl (C=O) groups excluding carboxylic acids is 1. The van der Waals surface area contributed by atoms with Gasteiger partial charge in [0.15, 0.2) is 9.84 Å². The predicted octanol–water partition coefficient (Wildman–Crippen LogP) is 4.57. The number of rotatable bonds is 6. The Hall–Kier alpha value is -2.91. The van der Waals surface area contributed by atoms with Crippen molar-refractivity contribution in [2.45, 2.75) is 50.5 Å². The number of carboxylic acid groups (broad SMARTS) is 1. The van der Waals surface area contributed by atoms with Crippen molar-refractivity contribution >= 4 is 33.2 Å². The molecule has 2 amide bonds. The number of nitrogens with zero attached hydrogens (tertiary/aromatic N) is 2. The van der Waals surface area contributed by atoms with Crippen LogP contribution in [0.25, 0.3) is 11.1 Å². The lowest BCUT2D eigenvalue weighted by atomic mass is 9.94. The molecule has 1 atom stereocenters. The summed E-state index contributed by atoms with van der Waals surface area (Å²) >= 11 is 0. The SMILES string of the molecule is CCCS(=O)(=O)c1ccc(-c2ccc3c(c2)N(C(=O)O)C[C@H](C)N3C(=O)CC2CCOCC2)cc1. The fourth-order valence-corrected chi connectivity index (χ4v) is 6.23. The molecule has 2 aliphatic rings. The Morgan fingerprint density at radius 3 is 2.31 bits per heavy atom. The van der Waals surface area contributed by atoms with Crippen LogP contribution in [0.1, 0.15) is 39.5 Å². The Labute approximate surface area is 206 Å². The molecular weight excluding hydrogens is 468 g/mol. The average molecular weight is 501 g/mol. The minimum atomic E-state index is -3.32. The van der Waals surface area contributed by atoms with Crippen LogP contribution < -0.4 is 9.80 Å². The summed E-state index contributed by atoms with van der Waals surface area (Å²) in [6, 6.07) is 11.7. The van der Waals surface area contributed by atoms with E-state index in [2.05, 4.69) is 0 Å². The van der Waals surface area contributed by atoms with Crippen LogP contribution in [-0.4, -0.2) is 57.1 Å². The Morgan fingerprint density at radius 2 is 1.69 bits per heavy atom. The van der Waals surface area contributed by atoms with Crippen LogP contribution in [0.3, 0.4) is 0 Å². The summed E-state index contributed by atoms with van der Waals surface area (Å²) in [5.41, 5.74) is 2.55. The number of amides is 2. The van der Waals surface area contributed by atoms with Crippen molar-refractivity contribution in [3.05, 3.63) is 42.5 Å². The van der Waals surface area contributed by atoms with Crippen molar-refractivity contribution in [3.63, 3.8) is 0 Å². The van der Waals surface area contributed by atoms with Gasteiger partial charge in [0.25, 0.3) is 0 Å². The van der Waals surface area contributed by atoms with Crippen molar-refractivity contribution in [1.29, 1.82) is 0 Å². The molecule has 8 nitrogen and oxygen atoms in total. The van der Waals surface area contributed by atoms with Crippen LogP contribution in [-0.2, 0) is 19.4 Å². The summed E-state index contributed by atoms with van der Waals surface area (Å²) in [5, 5.41) is 9.87. The smallest absolute Gasteiger partial charge is 0.411 e. The molecule has 188 valence electrons. The molecule has 2 aliphatic heterocycles. The average Bonchev–Trinajstić information content (AvgIpc) is 2.83. The maximum atomic E-state index is 13.3. The number of sulfone groups is 1. The van der Waals surface area contributed by atoms with Gasteiger partial charge in [0, 0.05) is 26.2 Å². The Bertz CT molecular complexity index is 1190. The van der Waals surface area contributed by atoms with E-state index in [1.54, 1.807) is 41.3 Å². The fraction of sp³-hybridized carbons (Fsp3) is 0.462. The molecule has 1 N–H and O–H groups in total. The summed E-state index contributed by atoms with van der Waals surface area (Å²) in [7, 11) is -3.32. The first-order valence-electron chi connectivity index (χ1n) is 12.1. The van der Waals surface area contributed by atoms with E-state index in [9.17, 15) is 23.1 Å². The van der Waals surface area contributed by atoms with Gasteiger partial charge in [-0.15, -0.1) is 0 Å². The molecular formula is C26H32N2O6S. The van der Waals surface area contributed by atoms with Gasteiger partial charge in [-0.3, -0.25) is 9.69 Å². The molecule has 0 radical (unpaired) electrons. The highest BCUT2D eigenvalue weighted by molar-refractivity contribution is 7.91. The third-order valence-corrected chi connectivity index (χ3v) is 8.67. The third-order valence-electron chi connectivity index (χ3n) is 6.74. The molecule has 2 heterocycles. The van der Waals surface area contributed by atoms with E-state index in [1.807, 2.05) is 19.9 Å². The lowest BCUT2D eigenvalue weighted by molar-refractivity contribution is -0.120. The molecule has 35 heavy (non-hydrogen) atoms. The normalized spacial score (nSPS) is 18.9. The highest BCUT2D eigenvalue weighted by Gasteiger charge is 2.36. The molecule has 0 unspecified atom stereocenters. The van der Waals surface area contributed by atoms with Gasteiger partial charge in [-0.05, 0) is 67.5 Å².